The van der Waals surface area contributed by atoms with Crippen LogP contribution in [0.15, 0.2) is 48.7 Å². The first-order chi connectivity index (χ1) is 8.68. The van der Waals surface area contributed by atoms with Crippen LogP contribution in [0.1, 0.15) is 0 Å². The van der Waals surface area contributed by atoms with Gasteiger partial charge in [0.05, 0.1) is 27.4 Å². The normalized spacial score (nSPS) is 11.0. The van der Waals surface area contributed by atoms with Crippen molar-refractivity contribution < 1.29 is 5.11 Å². The summed E-state index contributed by atoms with van der Waals surface area (Å²) in [6.07, 6.45) is 1.62. The zero-order chi connectivity index (χ0) is 12.7. The summed E-state index contributed by atoms with van der Waals surface area (Å²) in [4.78, 5) is 0. The molecule has 0 spiro atoms. The Bertz CT molecular complexity index is 713. The molecule has 0 aliphatic rings. The van der Waals surface area contributed by atoms with E-state index < -0.39 is 0 Å². The van der Waals surface area contributed by atoms with Crippen LogP contribution in [0.4, 0.5) is 0 Å². The summed E-state index contributed by atoms with van der Waals surface area (Å²) < 4.78 is 1.80. The summed E-state index contributed by atoms with van der Waals surface area (Å²) in [5.74, 6) is 0.210. The lowest BCUT2D eigenvalue weighted by Crippen LogP contribution is -1.93. The molecular formula is C14H9Cl2NO. The van der Waals surface area contributed by atoms with Gasteiger partial charge in [0.1, 0.15) is 5.75 Å². The van der Waals surface area contributed by atoms with Gasteiger partial charge in [0, 0.05) is 5.39 Å². The average molecular weight is 278 g/mol. The third-order valence-corrected chi connectivity index (χ3v) is 3.48. The number of benzene rings is 2. The second kappa shape index (κ2) is 4.23. The fourth-order valence-corrected chi connectivity index (χ4v) is 2.65. The largest absolute Gasteiger partial charge is 0.506 e. The van der Waals surface area contributed by atoms with Crippen molar-refractivity contribution >= 4 is 34.1 Å². The van der Waals surface area contributed by atoms with Crippen molar-refractivity contribution in [1.29, 1.82) is 0 Å². The molecule has 3 aromatic rings. The molecule has 0 fully saturated rings. The first-order valence-electron chi connectivity index (χ1n) is 5.42. The monoisotopic (exact) mass is 277 g/mol. The highest BCUT2D eigenvalue weighted by atomic mass is 35.5. The first kappa shape index (κ1) is 11.5. The van der Waals surface area contributed by atoms with E-state index in [9.17, 15) is 5.11 Å². The van der Waals surface area contributed by atoms with E-state index in [-0.39, 0.29) is 5.75 Å². The molecule has 0 radical (unpaired) electrons. The molecule has 0 unspecified atom stereocenters. The minimum atomic E-state index is 0.210. The third-order valence-electron chi connectivity index (χ3n) is 2.87. The van der Waals surface area contributed by atoms with Gasteiger partial charge in [-0.3, -0.25) is 0 Å². The highest BCUT2D eigenvalue weighted by Crippen LogP contribution is 2.35. The van der Waals surface area contributed by atoms with Crippen molar-refractivity contribution in [3.63, 3.8) is 0 Å². The van der Waals surface area contributed by atoms with Crippen LogP contribution < -0.4 is 0 Å². The highest BCUT2D eigenvalue weighted by Gasteiger charge is 2.13. The smallest absolute Gasteiger partial charge is 0.141 e. The summed E-state index contributed by atoms with van der Waals surface area (Å²) in [5.41, 5.74) is 1.54. The second-order valence-corrected chi connectivity index (χ2v) is 4.79. The number of hydrogen-bond donors (Lipinski definition) is 1. The van der Waals surface area contributed by atoms with Gasteiger partial charge in [0.2, 0.25) is 0 Å². The predicted molar refractivity (Wildman–Crippen MR) is 75.0 cm³/mol. The van der Waals surface area contributed by atoms with E-state index in [0.717, 1.165) is 10.9 Å². The first-order valence-corrected chi connectivity index (χ1v) is 6.17. The third kappa shape index (κ3) is 1.65. The Morgan fingerprint density at radius 2 is 1.56 bits per heavy atom. The van der Waals surface area contributed by atoms with Gasteiger partial charge >= 0.3 is 0 Å². The molecule has 0 aliphatic heterocycles. The van der Waals surface area contributed by atoms with Crippen LogP contribution in [0, 0.1) is 0 Å². The molecule has 0 atom stereocenters. The molecule has 18 heavy (non-hydrogen) atoms. The summed E-state index contributed by atoms with van der Waals surface area (Å²) >= 11 is 12.4. The molecule has 0 saturated carbocycles. The Morgan fingerprint density at radius 1 is 0.889 bits per heavy atom. The minimum absolute atomic E-state index is 0.210. The van der Waals surface area contributed by atoms with Crippen molar-refractivity contribution in [2.75, 3.05) is 0 Å². The Hall–Kier alpha value is -1.64. The lowest BCUT2D eigenvalue weighted by Gasteiger charge is -2.09. The summed E-state index contributed by atoms with van der Waals surface area (Å²) in [7, 11) is 0. The molecule has 1 aromatic heterocycles. The van der Waals surface area contributed by atoms with Crippen LogP contribution in [0.25, 0.3) is 16.6 Å². The van der Waals surface area contributed by atoms with Gasteiger partial charge in [-0.25, -0.2) is 0 Å². The molecule has 0 aliphatic carbocycles. The molecule has 2 nitrogen and oxygen atoms in total. The van der Waals surface area contributed by atoms with Gasteiger partial charge < -0.3 is 9.67 Å². The lowest BCUT2D eigenvalue weighted by molar-refractivity contribution is 0.480. The summed E-state index contributed by atoms with van der Waals surface area (Å²) in [5, 5.41) is 11.8. The molecule has 0 bridgehead atoms. The van der Waals surface area contributed by atoms with Gasteiger partial charge in [-0.2, -0.15) is 0 Å². The number of hydrogen-bond acceptors (Lipinski definition) is 1. The molecule has 3 rings (SSSR count). The standard InChI is InChI=1S/C14H9Cl2NO/c15-10-5-3-6-11(16)14(10)17-8-13(18)9-4-1-2-7-12(9)17/h1-8,18H. The minimum Gasteiger partial charge on any atom is -0.506 e. The number of nitrogens with zero attached hydrogens (tertiary/aromatic N) is 1. The van der Waals surface area contributed by atoms with Crippen LogP contribution in [0.2, 0.25) is 10.0 Å². The molecule has 0 amide bonds. The topological polar surface area (TPSA) is 25.2 Å². The Morgan fingerprint density at radius 3 is 2.28 bits per heavy atom. The molecule has 1 heterocycles. The fraction of sp³-hybridized carbons (Fsp3) is 0. The van der Waals surface area contributed by atoms with E-state index in [1.807, 2.05) is 24.3 Å². The summed E-state index contributed by atoms with van der Waals surface area (Å²) in [6.45, 7) is 0. The number of halogens is 2. The number of aromatic hydroxyl groups is 1. The molecule has 2 aromatic carbocycles. The SMILES string of the molecule is Oc1cn(-c2c(Cl)cccc2Cl)c2ccccc12. The summed E-state index contributed by atoms with van der Waals surface area (Å²) in [6, 6.07) is 12.9. The Balaban J connectivity index is 2.39. The molecule has 0 saturated heterocycles. The number of fused-ring (bicyclic) bond motifs is 1. The maximum atomic E-state index is 9.93. The van der Waals surface area contributed by atoms with Crippen LogP contribution in [-0.2, 0) is 0 Å². The van der Waals surface area contributed by atoms with Crippen molar-refractivity contribution in [2.45, 2.75) is 0 Å². The maximum absolute atomic E-state index is 9.93. The number of para-hydroxylation sites is 2. The second-order valence-electron chi connectivity index (χ2n) is 3.97. The zero-order valence-electron chi connectivity index (χ0n) is 9.27. The number of rotatable bonds is 1. The van der Waals surface area contributed by atoms with E-state index in [0.29, 0.717) is 15.7 Å². The van der Waals surface area contributed by atoms with Crippen molar-refractivity contribution in [3.05, 3.63) is 58.7 Å². The van der Waals surface area contributed by atoms with Crippen molar-refractivity contribution in [1.82, 2.24) is 4.57 Å². The molecular weight excluding hydrogens is 269 g/mol. The van der Waals surface area contributed by atoms with E-state index in [2.05, 4.69) is 0 Å². The zero-order valence-corrected chi connectivity index (χ0v) is 10.8. The Kier molecular flexibility index (Phi) is 2.69. The fourth-order valence-electron chi connectivity index (χ4n) is 2.07. The van der Waals surface area contributed by atoms with Gasteiger partial charge in [0.25, 0.3) is 0 Å². The number of aromatic nitrogens is 1. The quantitative estimate of drug-likeness (QED) is 0.689. The van der Waals surface area contributed by atoms with Crippen LogP contribution in [0.5, 0.6) is 5.75 Å². The molecule has 4 heteroatoms. The van der Waals surface area contributed by atoms with E-state index in [1.165, 1.54) is 0 Å². The van der Waals surface area contributed by atoms with Crippen LogP contribution >= 0.6 is 23.2 Å². The van der Waals surface area contributed by atoms with Gasteiger partial charge in [-0.05, 0) is 24.3 Å². The van der Waals surface area contributed by atoms with Crippen LogP contribution in [0.3, 0.4) is 0 Å². The van der Waals surface area contributed by atoms with Gasteiger partial charge in [-0.1, -0.05) is 41.4 Å². The molecule has 1 N–H and O–H groups in total. The lowest BCUT2D eigenvalue weighted by atomic mass is 10.2. The van der Waals surface area contributed by atoms with E-state index in [4.69, 9.17) is 23.2 Å². The van der Waals surface area contributed by atoms with Crippen molar-refractivity contribution in [2.24, 2.45) is 0 Å². The average Bonchev–Trinajstić information content (AvgIpc) is 2.68. The predicted octanol–water partition coefficient (Wildman–Crippen LogP) is 4.64. The maximum Gasteiger partial charge on any atom is 0.141 e. The van der Waals surface area contributed by atoms with Gasteiger partial charge in [0.15, 0.2) is 0 Å². The highest BCUT2D eigenvalue weighted by molar-refractivity contribution is 6.37. The van der Waals surface area contributed by atoms with Crippen molar-refractivity contribution in [3.8, 4) is 11.4 Å². The van der Waals surface area contributed by atoms with Crippen LogP contribution in [-0.4, -0.2) is 9.67 Å². The van der Waals surface area contributed by atoms with E-state index >= 15 is 0 Å². The van der Waals surface area contributed by atoms with Gasteiger partial charge in [-0.15, -0.1) is 0 Å². The molecule has 90 valence electrons. The van der Waals surface area contributed by atoms with E-state index in [1.54, 1.807) is 29.0 Å². The Labute approximate surface area is 114 Å².